The zero-order valence-corrected chi connectivity index (χ0v) is 9.69. The molecule has 1 aliphatic heterocycles. The zero-order chi connectivity index (χ0) is 11.3. The number of rotatable bonds is 4. The van der Waals surface area contributed by atoms with Gasteiger partial charge in [-0.1, -0.05) is 42.5 Å². The van der Waals surface area contributed by atoms with Crippen molar-refractivity contribution in [3.05, 3.63) is 48.0 Å². The van der Waals surface area contributed by atoms with Gasteiger partial charge in [0.2, 0.25) is 0 Å². The molecule has 1 heterocycles. The van der Waals surface area contributed by atoms with E-state index in [9.17, 15) is 0 Å². The molecular formula is C14H18O2. The first-order valence-corrected chi connectivity index (χ1v) is 5.69. The van der Waals surface area contributed by atoms with E-state index >= 15 is 0 Å². The van der Waals surface area contributed by atoms with Crippen LogP contribution in [-0.4, -0.2) is 18.8 Å². The van der Waals surface area contributed by atoms with Crippen molar-refractivity contribution in [3.8, 4) is 0 Å². The summed E-state index contributed by atoms with van der Waals surface area (Å²) in [6.45, 7) is 4.10. The van der Waals surface area contributed by atoms with Crippen molar-refractivity contribution in [2.45, 2.75) is 25.6 Å². The molecule has 0 spiro atoms. The first kappa shape index (κ1) is 11.4. The van der Waals surface area contributed by atoms with Crippen LogP contribution in [0.15, 0.2) is 42.5 Å². The molecule has 0 saturated carbocycles. The Hall–Kier alpha value is -1.12. The first-order chi connectivity index (χ1) is 7.79. The van der Waals surface area contributed by atoms with Gasteiger partial charge in [-0.3, -0.25) is 0 Å². The normalized spacial score (nSPS) is 24.6. The third kappa shape index (κ3) is 3.19. The minimum Gasteiger partial charge on any atom is -0.374 e. The molecule has 1 atom stereocenters. The van der Waals surface area contributed by atoms with E-state index in [1.54, 1.807) is 0 Å². The van der Waals surface area contributed by atoms with Crippen LogP contribution in [0.4, 0.5) is 0 Å². The fourth-order valence-electron chi connectivity index (χ4n) is 1.77. The van der Waals surface area contributed by atoms with Crippen LogP contribution < -0.4 is 0 Å². The molecule has 1 aromatic rings. The number of ether oxygens (including phenoxy) is 2. The quantitative estimate of drug-likeness (QED) is 0.723. The Labute approximate surface area is 96.9 Å². The van der Waals surface area contributed by atoms with Crippen LogP contribution in [0.5, 0.6) is 0 Å². The van der Waals surface area contributed by atoms with E-state index in [1.807, 2.05) is 18.2 Å². The second-order valence-electron chi connectivity index (χ2n) is 4.41. The third-order valence-corrected chi connectivity index (χ3v) is 2.76. The lowest BCUT2D eigenvalue weighted by Crippen LogP contribution is -2.35. The van der Waals surface area contributed by atoms with Crippen LogP contribution in [0, 0.1) is 0 Å². The van der Waals surface area contributed by atoms with Gasteiger partial charge in [-0.25, -0.2) is 0 Å². The molecule has 86 valence electrons. The molecule has 2 nitrogen and oxygen atoms in total. The lowest BCUT2D eigenvalue weighted by atomic mass is 10.0. The summed E-state index contributed by atoms with van der Waals surface area (Å²) in [7, 11) is 0. The predicted molar refractivity (Wildman–Crippen MR) is 64.2 cm³/mol. The molecule has 0 aromatic heterocycles. The van der Waals surface area contributed by atoms with Gasteiger partial charge in [0.05, 0.1) is 25.4 Å². The smallest absolute Gasteiger partial charge is 0.0925 e. The second-order valence-corrected chi connectivity index (χ2v) is 4.41. The van der Waals surface area contributed by atoms with Crippen LogP contribution in [0.3, 0.4) is 0 Å². The minimum absolute atomic E-state index is 0.149. The van der Waals surface area contributed by atoms with Crippen molar-refractivity contribution >= 4 is 0 Å². The van der Waals surface area contributed by atoms with E-state index in [4.69, 9.17) is 9.47 Å². The van der Waals surface area contributed by atoms with Crippen LogP contribution in [0.2, 0.25) is 0 Å². The van der Waals surface area contributed by atoms with E-state index in [0.29, 0.717) is 19.8 Å². The third-order valence-electron chi connectivity index (χ3n) is 2.76. The van der Waals surface area contributed by atoms with Crippen LogP contribution in [-0.2, 0) is 16.1 Å². The largest absolute Gasteiger partial charge is 0.374 e. The summed E-state index contributed by atoms with van der Waals surface area (Å²) in [5.74, 6) is 0. The summed E-state index contributed by atoms with van der Waals surface area (Å²) in [5.41, 5.74) is 1.06. The van der Waals surface area contributed by atoms with Crippen molar-refractivity contribution in [2.24, 2.45) is 0 Å². The predicted octanol–water partition coefficient (Wildman–Crippen LogP) is 2.94. The standard InChI is InChI=1S/C14H18O2/c1-14(9-5-6-10-16-14)12-15-11-13-7-3-2-4-8-13/h2-8H,9-12H2,1H3. The number of hydrogen-bond donors (Lipinski definition) is 0. The van der Waals surface area contributed by atoms with Gasteiger partial charge in [-0.2, -0.15) is 0 Å². The SMILES string of the molecule is CC1(COCc2ccccc2)CC=CCO1. The molecule has 1 aromatic carbocycles. The van der Waals surface area contributed by atoms with Gasteiger partial charge in [-0.05, 0) is 18.9 Å². The monoisotopic (exact) mass is 218 g/mol. The molecule has 0 bridgehead atoms. The van der Waals surface area contributed by atoms with Crippen LogP contribution in [0.25, 0.3) is 0 Å². The summed E-state index contributed by atoms with van der Waals surface area (Å²) in [5, 5.41) is 0. The molecule has 2 rings (SSSR count). The van der Waals surface area contributed by atoms with Crippen molar-refractivity contribution in [1.29, 1.82) is 0 Å². The highest BCUT2D eigenvalue weighted by Crippen LogP contribution is 2.20. The Morgan fingerprint density at radius 2 is 2.06 bits per heavy atom. The van der Waals surface area contributed by atoms with Crippen molar-refractivity contribution in [2.75, 3.05) is 13.2 Å². The van der Waals surface area contributed by atoms with E-state index in [-0.39, 0.29) is 5.60 Å². The Balaban J connectivity index is 1.78. The van der Waals surface area contributed by atoms with E-state index in [2.05, 4.69) is 31.2 Å². The van der Waals surface area contributed by atoms with Crippen molar-refractivity contribution < 1.29 is 9.47 Å². The maximum Gasteiger partial charge on any atom is 0.0925 e. The fraction of sp³-hybridized carbons (Fsp3) is 0.429. The van der Waals surface area contributed by atoms with E-state index < -0.39 is 0 Å². The van der Waals surface area contributed by atoms with Gasteiger partial charge in [0, 0.05) is 0 Å². The maximum absolute atomic E-state index is 5.70. The lowest BCUT2D eigenvalue weighted by molar-refractivity contribution is -0.0841. The van der Waals surface area contributed by atoms with Gasteiger partial charge in [-0.15, -0.1) is 0 Å². The molecule has 1 aliphatic rings. The first-order valence-electron chi connectivity index (χ1n) is 5.69. The zero-order valence-electron chi connectivity index (χ0n) is 9.69. The summed E-state index contributed by atoms with van der Waals surface area (Å²) in [6.07, 6.45) is 5.15. The number of hydrogen-bond acceptors (Lipinski definition) is 2. The molecule has 0 amide bonds. The van der Waals surface area contributed by atoms with Crippen LogP contribution >= 0.6 is 0 Å². The van der Waals surface area contributed by atoms with Crippen molar-refractivity contribution in [3.63, 3.8) is 0 Å². The highest BCUT2D eigenvalue weighted by molar-refractivity contribution is 5.13. The molecule has 1 unspecified atom stereocenters. The average Bonchev–Trinajstić information content (AvgIpc) is 2.31. The molecule has 16 heavy (non-hydrogen) atoms. The topological polar surface area (TPSA) is 18.5 Å². The Bertz CT molecular complexity index is 345. The number of benzene rings is 1. The van der Waals surface area contributed by atoms with E-state index in [1.165, 1.54) is 5.56 Å². The van der Waals surface area contributed by atoms with Gasteiger partial charge < -0.3 is 9.47 Å². The van der Waals surface area contributed by atoms with E-state index in [0.717, 1.165) is 6.42 Å². The highest BCUT2D eigenvalue weighted by Gasteiger charge is 2.25. The molecule has 0 saturated heterocycles. The lowest BCUT2D eigenvalue weighted by Gasteiger charge is -2.30. The summed E-state index contributed by atoms with van der Waals surface area (Å²) in [6, 6.07) is 10.2. The molecule has 0 aliphatic carbocycles. The Morgan fingerprint density at radius 3 is 2.75 bits per heavy atom. The maximum atomic E-state index is 5.70. The summed E-state index contributed by atoms with van der Waals surface area (Å²) in [4.78, 5) is 0. The second kappa shape index (κ2) is 5.28. The van der Waals surface area contributed by atoms with Gasteiger partial charge in [0.25, 0.3) is 0 Å². The minimum atomic E-state index is -0.149. The Kier molecular flexibility index (Phi) is 3.75. The van der Waals surface area contributed by atoms with Gasteiger partial charge >= 0.3 is 0 Å². The average molecular weight is 218 g/mol. The molecule has 2 heteroatoms. The van der Waals surface area contributed by atoms with Crippen molar-refractivity contribution in [1.82, 2.24) is 0 Å². The summed E-state index contributed by atoms with van der Waals surface area (Å²) >= 11 is 0. The summed E-state index contributed by atoms with van der Waals surface area (Å²) < 4.78 is 11.4. The fourth-order valence-corrected chi connectivity index (χ4v) is 1.77. The molecule has 0 N–H and O–H groups in total. The highest BCUT2D eigenvalue weighted by atomic mass is 16.5. The molecule has 0 fully saturated rings. The van der Waals surface area contributed by atoms with Gasteiger partial charge in [0.15, 0.2) is 0 Å². The Morgan fingerprint density at radius 1 is 1.25 bits per heavy atom. The van der Waals surface area contributed by atoms with Gasteiger partial charge in [0.1, 0.15) is 0 Å². The van der Waals surface area contributed by atoms with Crippen LogP contribution in [0.1, 0.15) is 18.9 Å². The molecule has 0 radical (unpaired) electrons. The molecular weight excluding hydrogens is 200 g/mol.